The summed E-state index contributed by atoms with van der Waals surface area (Å²) < 4.78 is 0. The van der Waals surface area contributed by atoms with Gasteiger partial charge in [-0.3, -0.25) is 0 Å². The summed E-state index contributed by atoms with van der Waals surface area (Å²) in [7, 11) is 0. The molecule has 0 bridgehead atoms. The Morgan fingerprint density at radius 2 is 1.90 bits per heavy atom. The van der Waals surface area contributed by atoms with Crippen LogP contribution in [0.4, 0.5) is 0 Å². The minimum Gasteiger partial charge on any atom is -0.330 e. The SMILES string of the molecule is CCCC(C)(C)C(C)CN. The predicted octanol–water partition coefficient (Wildman–Crippen LogP) is 2.41. The van der Waals surface area contributed by atoms with Gasteiger partial charge in [-0.1, -0.05) is 34.1 Å². The Balaban J connectivity index is 3.82. The molecule has 0 saturated carbocycles. The highest BCUT2D eigenvalue weighted by Gasteiger charge is 2.22. The smallest absolute Gasteiger partial charge is 0.00464 e. The van der Waals surface area contributed by atoms with Gasteiger partial charge in [-0.25, -0.2) is 0 Å². The molecule has 0 aliphatic heterocycles. The van der Waals surface area contributed by atoms with Gasteiger partial charge in [-0.05, 0) is 24.3 Å². The van der Waals surface area contributed by atoms with Gasteiger partial charge in [0.2, 0.25) is 0 Å². The van der Waals surface area contributed by atoms with Crippen molar-refractivity contribution in [2.45, 2.75) is 40.5 Å². The third kappa shape index (κ3) is 2.70. The minimum absolute atomic E-state index is 0.434. The largest absolute Gasteiger partial charge is 0.330 e. The Kier molecular flexibility index (Phi) is 3.95. The number of hydrogen-bond acceptors (Lipinski definition) is 1. The summed E-state index contributed by atoms with van der Waals surface area (Å²) >= 11 is 0. The molecular weight excluding hydrogens is 122 g/mol. The van der Waals surface area contributed by atoms with E-state index in [1.54, 1.807) is 0 Å². The van der Waals surface area contributed by atoms with E-state index >= 15 is 0 Å². The van der Waals surface area contributed by atoms with Gasteiger partial charge in [-0.15, -0.1) is 0 Å². The Hall–Kier alpha value is -0.0400. The minimum atomic E-state index is 0.434. The monoisotopic (exact) mass is 143 g/mol. The summed E-state index contributed by atoms with van der Waals surface area (Å²) in [6, 6.07) is 0. The van der Waals surface area contributed by atoms with Crippen molar-refractivity contribution in [2.75, 3.05) is 6.54 Å². The normalized spacial score (nSPS) is 15.3. The van der Waals surface area contributed by atoms with E-state index in [4.69, 9.17) is 5.73 Å². The van der Waals surface area contributed by atoms with Crippen LogP contribution in [0.15, 0.2) is 0 Å². The maximum atomic E-state index is 5.59. The fourth-order valence-electron chi connectivity index (χ4n) is 1.21. The van der Waals surface area contributed by atoms with Crippen LogP contribution in [0.5, 0.6) is 0 Å². The summed E-state index contributed by atoms with van der Waals surface area (Å²) in [5.41, 5.74) is 6.02. The first-order chi connectivity index (χ1) is 4.54. The van der Waals surface area contributed by atoms with Gasteiger partial charge in [0.05, 0.1) is 0 Å². The van der Waals surface area contributed by atoms with Gasteiger partial charge in [0, 0.05) is 0 Å². The van der Waals surface area contributed by atoms with Crippen LogP contribution in [0, 0.1) is 11.3 Å². The van der Waals surface area contributed by atoms with Gasteiger partial charge < -0.3 is 5.73 Å². The van der Waals surface area contributed by atoms with Gasteiger partial charge in [0.25, 0.3) is 0 Å². The summed E-state index contributed by atoms with van der Waals surface area (Å²) in [6.07, 6.45) is 2.54. The fourth-order valence-corrected chi connectivity index (χ4v) is 1.21. The first-order valence-corrected chi connectivity index (χ1v) is 4.24. The highest BCUT2D eigenvalue weighted by atomic mass is 14.6. The molecule has 1 unspecified atom stereocenters. The Labute approximate surface area is 65.0 Å². The second kappa shape index (κ2) is 3.97. The van der Waals surface area contributed by atoms with E-state index in [0.29, 0.717) is 11.3 Å². The molecule has 62 valence electrons. The molecule has 1 atom stereocenters. The molecule has 0 aliphatic carbocycles. The van der Waals surface area contributed by atoms with E-state index in [-0.39, 0.29) is 0 Å². The standard InChI is InChI=1S/C9H21N/c1-5-6-9(3,4)8(2)7-10/h8H,5-7,10H2,1-4H3. The molecule has 0 rings (SSSR count). The van der Waals surface area contributed by atoms with Crippen molar-refractivity contribution in [3.8, 4) is 0 Å². The van der Waals surface area contributed by atoms with E-state index in [2.05, 4.69) is 27.7 Å². The van der Waals surface area contributed by atoms with Crippen LogP contribution in [0.2, 0.25) is 0 Å². The third-order valence-corrected chi connectivity index (χ3v) is 2.58. The summed E-state index contributed by atoms with van der Waals surface area (Å²) in [5.74, 6) is 0.646. The maximum Gasteiger partial charge on any atom is -0.00464 e. The number of rotatable bonds is 4. The Morgan fingerprint density at radius 3 is 2.20 bits per heavy atom. The quantitative estimate of drug-likeness (QED) is 0.642. The van der Waals surface area contributed by atoms with Crippen molar-refractivity contribution in [3.05, 3.63) is 0 Å². The van der Waals surface area contributed by atoms with E-state index in [1.807, 2.05) is 0 Å². The topological polar surface area (TPSA) is 26.0 Å². The van der Waals surface area contributed by atoms with Crippen molar-refractivity contribution in [1.82, 2.24) is 0 Å². The zero-order chi connectivity index (χ0) is 8.20. The van der Waals surface area contributed by atoms with Crippen LogP contribution in [-0.4, -0.2) is 6.54 Å². The van der Waals surface area contributed by atoms with E-state index in [0.717, 1.165) is 6.54 Å². The van der Waals surface area contributed by atoms with E-state index in [9.17, 15) is 0 Å². The van der Waals surface area contributed by atoms with Crippen LogP contribution < -0.4 is 5.73 Å². The highest BCUT2D eigenvalue weighted by molar-refractivity contribution is 4.74. The third-order valence-electron chi connectivity index (χ3n) is 2.58. The molecule has 2 N–H and O–H groups in total. The molecule has 0 aromatic carbocycles. The number of nitrogens with two attached hydrogens (primary N) is 1. The Bertz CT molecular complexity index is 86.7. The summed E-state index contributed by atoms with van der Waals surface area (Å²) in [5, 5.41) is 0. The first kappa shape index (κ1) is 9.96. The van der Waals surface area contributed by atoms with Crippen LogP contribution in [-0.2, 0) is 0 Å². The van der Waals surface area contributed by atoms with E-state index in [1.165, 1.54) is 12.8 Å². The first-order valence-electron chi connectivity index (χ1n) is 4.24. The van der Waals surface area contributed by atoms with Crippen LogP contribution in [0.25, 0.3) is 0 Å². The fraction of sp³-hybridized carbons (Fsp3) is 1.00. The molecule has 0 aromatic rings. The van der Waals surface area contributed by atoms with Crippen LogP contribution >= 0.6 is 0 Å². The average Bonchev–Trinajstić information content (AvgIpc) is 1.86. The summed E-state index contributed by atoms with van der Waals surface area (Å²) in [4.78, 5) is 0. The molecule has 0 saturated heterocycles. The lowest BCUT2D eigenvalue weighted by Crippen LogP contribution is -2.27. The van der Waals surface area contributed by atoms with Gasteiger partial charge in [0.1, 0.15) is 0 Å². The van der Waals surface area contributed by atoms with Gasteiger partial charge >= 0.3 is 0 Å². The molecule has 0 aromatic heterocycles. The number of hydrogen-bond donors (Lipinski definition) is 1. The maximum absolute atomic E-state index is 5.59. The predicted molar refractivity (Wildman–Crippen MR) is 46.9 cm³/mol. The lowest BCUT2D eigenvalue weighted by molar-refractivity contribution is 0.216. The molecule has 0 fully saturated rings. The molecule has 0 amide bonds. The van der Waals surface area contributed by atoms with Crippen molar-refractivity contribution < 1.29 is 0 Å². The molecule has 10 heavy (non-hydrogen) atoms. The van der Waals surface area contributed by atoms with Crippen molar-refractivity contribution in [3.63, 3.8) is 0 Å². The molecule has 0 aliphatic rings. The van der Waals surface area contributed by atoms with E-state index < -0.39 is 0 Å². The molecular formula is C9H21N. The highest BCUT2D eigenvalue weighted by Crippen LogP contribution is 2.30. The van der Waals surface area contributed by atoms with Crippen molar-refractivity contribution >= 4 is 0 Å². The lowest BCUT2D eigenvalue weighted by atomic mass is 9.77. The van der Waals surface area contributed by atoms with Gasteiger partial charge in [0.15, 0.2) is 0 Å². The van der Waals surface area contributed by atoms with Crippen molar-refractivity contribution in [2.24, 2.45) is 17.1 Å². The average molecular weight is 143 g/mol. The second-order valence-electron chi connectivity index (χ2n) is 3.88. The second-order valence-corrected chi connectivity index (χ2v) is 3.88. The van der Waals surface area contributed by atoms with Gasteiger partial charge in [-0.2, -0.15) is 0 Å². The molecule has 1 nitrogen and oxygen atoms in total. The van der Waals surface area contributed by atoms with Crippen LogP contribution in [0.3, 0.4) is 0 Å². The zero-order valence-electron chi connectivity index (χ0n) is 7.78. The summed E-state index contributed by atoms with van der Waals surface area (Å²) in [6.45, 7) is 9.87. The van der Waals surface area contributed by atoms with Crippen LogP contribution in [0.1, 0.15) is 40.5 Å². The van der Waals surface area contributed by atoms with Crippen molar-refractivity contribution in [1.29, 1.82) is 0 Å². The molecule has 0 heterocycles. The Morgan fingerprint density at radius 1 is 1.40 bits per heavy atom. The molecule has 0 spiro atoms. The molecule has 1 heteroatoms. The lowest BCUT2D eigenvalue weighted by Gasteiger charge is -2.30. The zero-order valence-corrected chi connectivity index (χ0v) is 7.78. The molecule has 0 radical (unpaired) electrons.